The van der Waals surface area contributed by atoms with Crippen LogP contribution in [-0.2, 0) is 14.3 Å². The van der Waals surface area contributed by atoms with Crippen LogP contribution in [0.5, 0.6) is 5.75 Å². The highest BCUT2D eigenvalue weighted by atomic mass is 16.5. The molecule has 6 heteroatoms. The number of carbonyl (C=O) groups excluding carboxylic acids is 2. The number of anilines is 1. The molecule has 2 aliphatic rings. The van der Waals surface area contributed by atoms with E-state index in [-0.39, 0.29) is 24.5 Å². The van der Waals surface area contributed by atoms with Gasteiger partial charge in [0.05, 0.1) is 12.6 Å². The van der Waals surface area contributed by atoms with E-state index in [0.29, 0.717) is 31.0 Å². The summed E-state index contributed by atoms with van der Waals surface area (Å²) in [5, 5.41) is 2.81. The maximum atomic E-state index is 12.0. The first kappa shape index (κ1) is 15.8. The highest BCUT2D eigenvalue weighted by Gasteiger charge is 2.22. The van der Waals surface area contributed by atoms with E-state index in [2.05, 4.69) is 5.32 Å². The Morgan fingerprint density at radius 3 is 3.04 bits per heavy atom. The van der Waals surface area contributed by atoms with Crippen molar-refractivity contribution < 1.29 is 19.1 Å². The van der Waals surface area contributed by atoms with Crippen LogP contribution in [0, 0.1) is 0 Å². The van der Waals surface area contributed by atoms with Crippen molar-refractivity contribution in [2.75, 3.05) is 31.6 Å². The summed E-state index contributed by atoms with van der Waals surface area (Å²) in [6.07, 6.45) is 3.65. The van der Waals surface area contributed by atoms with E-state index in [9.17, 15) is 9.59 Å². The molecule has 1 unspecified atom stereocenters. The zero-order valence-electron chi connectivity index (χ0n) is 13.1. The Morgan fingerprint density at radius 2 is 2.30 bits per heavy atom. The standard InChI is InChI=1S/C17H22N2O4/c20-16(11-19-8-2-7-17(19)21)18-13-4-1-5-14(10-13)23-12-15-6-3-9-22-15/h1,4-5,10,15H,2-3,6-9,11-12H2,(H,18,20). The highest BCUT2D eigenvalue weighted by Crippen LogP contribution is 2.20. The van der Waals surface area contributed by atoms with Gasteiger partial charge in [0.15, 0.2) is 0 Å². The molecule has 2 heterocycles. The van der Waals surface area contributed by atoms with Crippen molar-refractivity contribution in [1.29, 1.82) is 0 Å². The summed E-state index contributed by atoms with van der Waals surface area (Å²) in [6, 6.07) is 7.29. The van der Waals surface area contributed by atoms with E-state index in [1.807, 2.05) is 18.2 Å². The lowest BCUT2D eigenvalue weighted by Crippen LogP contribution is -2.33. The van der Waals surface area contributed by atoms with Gasteiger partial charge in [0, 0.05) is 31.3 Å². The summed E-state index contributed by atoms with van der Waals surface area (Å²) in [4.78, 5) is 25.2. The molecule has 2 fully saturated rings. The largest absolute Gasteiger partial charge is 0.491 e. The van der Waals surface area contributed by atoms with Gasteiger partial charge in [0.2, 0.25) is 11.8 Å². The summed E-state index contributed by atoms with van der Waals surface area (Å²) >= 11 is 0. The van der Waals surface area contributed by atoms with Gasteiger partial charge < -0.3 is 19.7 Å². The van der Waals surface area contributed by atoms with Crippen LogP contribution in [0.3, 0.4) is 0 Å². The maximum Gasteiger partial charge on any atom is 0.243 e. The zero-order valence-corrected chi connectivity index (χ0v) is 13.1. The minimum Gasteiger partial charge on any atom is -0.491 e. The second-order valence-electron chi connectivity index (χ2n) is 5.94. The Kier molecular flexibility index (Phi) is 5.12. The number of likely N-dealkylation sites (tertiary alicyclic amines) is 1. The summed E-state index contributed by atoms with van der Waals surface area (Å²) in [5.41, 5.74) is 0.673. The minimum atomic E-state index is -0.184. The molecule has 2 amide bonds. The summed E-state index contributed by atoms with van der Waals surface area (Å²) in [7, 11) is 0. The fourth-order valence-corrected chi connectivity index (χ4v) is 2.87. The molecule has 0 bridgehead atoms. The van der Waals surface area contributed by atoms with E-state index < -0.39 is 0 Å². The highest BCUT2D eigenvalue weighted by molar-refractivity contribution is 5.95. The quantitative estimate of drug-likeness (QED) is 0.868. The van der Waals surface area contributed by atoms with Crippen LogP contribution in [0.2, 0.25) is 0 Å². The molecule has 2 saturated heterocycles. The van der Waals surface area contributed by atoms with Crippen LogP contribution in [0.1, 0.15) is 25.7 Å². The molecule has 2 aliphatic heterocycles. The van der Waals surface area contributed by atoms with Gasteiger partial charge in [-0.2, -0.15) is 0 Å². The van der Waals surface area contributed by atoms with Crippen molar-refractivity contribution in [3.05, 3.63) is 24.3 Å². The van der Waals surface area contributed by atoms with Crippen molar-refractivity contribution in [3.8, 4) is 5.75 Å². The third kappa shape index (κ3) is 4.45. The number of benzene rings is 1. The SMILES string of the molecule is O=C(CN1CCCC1=O)Nc1cccc(OCC2CCCO2)c1. The van der Waals surface area contributed by atoms with Gasteiger partial charge in [-0.25, -0.2) is 0 Å². The van der Waals surface area contributed by atoms with Gasteiger partial charge in [-0.1, -0.05) is 6.07 Å². The lowest BCUT2D eigenvalue weighted by molar-refractivity contribution is -0.131. The Hall–Kier alpha value is -2.08. The first-order chi connectivity index (χ1) is 11.2. The van der Waals surface area contributed by atoms with Crippen molar-refractivity contribution in [2.45, 2.75) is 31.8 Å². The molecule has 1 N–H and O–H groups in total. The van der Waals surface area contributed by atoms with Crippen LogP contribution in [0.15, 0.2) is 24.3 Å². The normalized spacial score (nSPS) is 20.8. The van der Waals surface area contributed by atoms with Crippen molar-refractivity contribution >= 4 is 17.5 Å². The average Bonchev–Trinajstić information content (AvgIpc) is 3.18. The molecule has 1 atom stereocenters. The van der Waals surface area contributed by atoms with E-state index in [4.69, 9.17) is 9.47 Å². The van der Waals surface area contributed by atoms with E-state index in [0.717, 1.165) is 25.9 Å². The monoisotopic (exact) mass is 318 g/mol. The third-order valence-corrected chi connectivity index (χ3v) is 4.08. The van der Waals surface area contributed by atoms with Crippen LogP contribution >= 0.6 is 0 Å². The minimum absolute atomic E-state index is 0.0498. The molecule has 124 valence electrons. The number of nitrogens with one attached hydrogen (secondary N) is 1. The molecule has 23 heavy (non-hydrogen) atoms. The number of amides is 2. The van der Waals surface area contributed by atoms with Crippen molar-refractivity contribution in [3.63, 3.8) is 0 Å². The Balaban J connectivity index is 1.50. The third-order valence-electron chi connectivity index (χ3n) is 4.08. The van der Waals surface area contributed by atoms with E-state index >= 15 is 0 Å². The molecule has 3 rings (SSSR count). The van der Waals surface area contributed by atoms with Gasteiger partial charge in [-0.05, 0) is 31.4 Å². The fourth-order valence-electron chi connectivity index (χ4n) is 2.87. The molecule has 0 saturated carbocycles. The molecule has 6 nitrogen and oxygen atoms in total. The van der Waals surface area contributed by atoms with Gasteiger partial charge in [0.25, 0.3) is 0 Å². The van der Waals surface area contributed by atoms with Gasteiger partial charge in [0.1, 0.15) is 12.4 Å². The Bertz CT molecular complexity index is 569. The average molecular weight is 318 g/mol. The van der Waals surface area contributed by atoms with Gasteiger partial charge in [-0.15, -0.1) is 0 Å². The summed E-state index contributed by atoms with van der Waals surface area (Å²) < 4.78 is 11.2. The number of ether oxygens (including phenoxy) is 2. The molecular weight excluding hydrogens is 296 g/mol. The Labute approximate surface area is 135 Å². The van der Waals surface area contributed by atoms with Crippen LogP contribution in [-0.4, -0.2) is 49.1 Å². The molecule has 0 aliphatic carbocycles. The second kappa shape index (κ2) is 7.46. The molecule has 0 spiro atoms. The number of carbonyl (C=O) groups is 2. The van der Waals surface area contributed by atoms with Gasteiger partial charge in [-0.3, -0.25) is 9.59 Å². The van der Waals surface area contributed by atoms with Crippen molar-refractivity contribution in [1.82, 2.24) is 4.90 Å². The van der Waals surface area contributed by atoms with Crippen LogP contribution in [0.25, 0.3) is 0 Å². The van der Waals surface area contributed by atoms with E-state index in [1.165, 1.54) is 0 Å². The summed E-state index contributed by atoms with van der Waals surface area (Å²) in [5.74, 6) is 0.570. The first-order valence-corrected chi connectivity index (χ1v) is 8.13. The topological polar surface area (TPSA) is 67.9 Å². The summed E-state index contributed by atoms with van der Waals surface area (Å²) in [6.45, 7) is 2.11. The van der Waals surface area contributed by atoms with Crippen LogP contribution < -0.4 is 10.1 Å². The van der Waals surface area contributed by atoms with Crippen LogP contribution in [0.4, 0.5) is 5.69 Å². The number of rotatable bonds is 6. The van der Waals surface area contributed by atoms with E-state index in [1.54, 1.807) is 11.0 Å². The Morgan fingerprint density at radius 1 is 1.39 bits per heavy atom. The number of hydrogen-bond acceptors (Lipinski definition) is 4. The molecule has 0 radical (unpaired) electrons. The van der Waals surface area contributed by atoms with Gasteiger partial charge >= 0.3 is 0 Å². The number of hydrogen-bond donors (Lipinski definition) is 1. The zero-order chi connectivity index (χ0) is 16.1. The second-order valence-corrected chi connectivity index (χ2v) is 5.94. The smallest absolute Gasteiger partial charge is 0.243 e. The molecular formula is C17H22N2O4. The lowest BCUT2D eigenvalue weighted by Gasteiger charge is -2.15. The van der Waals surface area contributed by atoms with Crippen molar-refractivity contribution in [2.24, 2.45) is 0 Å². The molecule has 1 aromatic carbocycles. The molecule has 0 aromatic heterocycles. The number of nitrogens with zero attached hydrogens (tertiary/aromatic N) is 1. The predicted molar refractivity (Wildman–Crippen MR) is 85.4 cm³/mol. The molecule has 1 aromatic rings. The lowest BCUT2D eigenvalue weighted by atomic mass is 10.2. The maximum absolute atomic E-state index is 12.0. The fraction of sp³-hybridized carbons (Fsp3) is 0.529. The predicted octanol–water partition coefficient (Wildman–Crippen LogP) is 1.81. The first-order valence-electron chi connectivity index (χ1n) is 8.13.